The Morgan fingerprint density at radius 3 is 1.97 bits per heavy atom. The lowest BCUT2D eigenvalue weighted by atomic mass is 9.81. The first kappa shape index (κ1) is 39.1. The van der Waals surface area contributed by atoms with Gasteiger partial charge in [0.05, 0.1) is 25.1 Å². The van der Waals surface area contributed by atoms with E-state index in [1.54, 1.807) is 7.05 Å². The van der Waals surface area contributed by atoms with Crippen molar-refractivity contribution in [2.24, 2.45) is 11.7 Å². The summed E-state index contributed by atoms with van der Waals surface area (Å²) in [6.45, 7) is 16.0. The van der Waals surface area contributed by atoms with E-state index in [4.69, 9.17) is 4.74 Å². The fourth-order valence-corrected chi connectivity index (χ4v) is 3.68. The summed E-state index contributed by atoms with van der Waals surface area (Å²) in [4.78, 5) is 37.9. The Hall–Kier alpha value is -2.45. The molecular weight excluding hydrogens is 470 g/mol. The summed E-state index contributed by atoms with van der Waals surface area (Å²) in [5.41, 5.74) is 5.19. The number of nitrogens with zero attached hydrogens (tertiary/aromatic N) is 1. The van der Waals surface area contributed by atoms with Crippen molar-refractivity contribution in [2.75, 3.05) is 27.7 Å². The lowest BCUT2D eigenvalue weighted by Crippen LogP contribution is -2.52. The first-order chi connectivity index (χ1) is 17.4. The van der Waals surface area contributed by atoms with E-state index in [1.807, 2.05) is 71.9 Å². The summed E-state index contributed by atoms with van der Waals surface area (Å²) < 4.78 is 5.40. The fraction of sp³-hybridized carbons (Fsp3) is 0.690. The van der Waals surface area contributed by atoms with Crippen LogP contribution in [0.4, 0.5) is 0 Å². The van der Waals surface area contributed by atoms with Crippen LogP contribution in [-0.4, -0.2) is 67.7 Å². The smallest absolute Gasteiger partial charge is 0.306 e. The summed E-state index contributed by atoms with van der Waals surface area (Å²) in [7, 11) is 4.59. The van der Waals surface area contributed by atoms with Crippen molar-refractivity contribution in [1.82, 2.24) is 10.2 Å². The first-order valence-corrected chi connectivity index (χ1v) is 13.3. The molecule has 0 aliphatic carbocycles. The van der Waals surface area contributed by atoms with Gasteiger partial charge in [0.25, 0.3) is 0 Å². The molecule has 1 rings (SSSR count). The molecule has 1 aromatic carbocycles. The van der Waals surface area contributed by atoms with Gasteiger partial charge in [-0.1, -0.05) is 98.6 Å². The second-order valence-electron chi connectivity index (χ2n) is 9.16. The number of aliphatic carboxylic acids is 1. The molecule has 0 radical (unpaired) electrons. The minimum absolute atomic E-state index is 0.0379. The maximum absolute atomic E-state index is 12.8. The Balaban J connectivity index is -0.00000150. The number of carboxylic acid groups (broad SMARTS) is 1. The zero-order valence-electron chi connectivity index (χ0n) is 25.3. The highest BCUT2D eigenvalue weighted by atomic mass is 16.5. The number of hydrogen-bond acceptors (Lipinski definition) is 5. The molecule has 0 spiro atoms. The Labute approximate surface area is 226 Å². The third-order valence-electron chi connectivity index (χ3n) is 5.72. The second kappa shape index (κ2) is 22.7. The molecule has 216 valence electrons. The zero-order chi connectivity index (χ0) is 29.6. The number of carbonyl (C=O) groups is 3. The number of ether oxygens (including phenoxy) is 1. The van der Waals surface area contributed by atoms with Crippen molar-refractivity contribution >= 4 is 17.8 Å². The van der Waals surface area contributed by atoms with Crippen molar-refractivity contribution < 1.29 is 24.2 Å². The van der Waals surface area contributed by atoms with E-state index >= 15 is 0 Å². The minimum atomic E-state index is -0.979. The van der Waals surface area contributed by atoms with Gasteiger partial charge < -0.3 is 25.8 Å². The number of carbonyl (C=O) groups excluding carboxylic acids is 2. The quantitative estimate of drug-likeness (QED) is 0.359. The molecule has 1 aromatic rings. The van der Waals surface area contributed by atoms with Crippen molar-refractivity contribution in [3.63, 3.8) is 0 Å². The maximum Gasteiger partial charge on any atom is 0.306 e. The van der Waals surface area contributed by atoms with Crippen LogP contribution in [0, 0.1) is 5.92 Å². The van der Waals surface area contributed by atoms with Crippen LogP contribution in [0.2, 0.25) is 0 Å². The predicted octanol–water partition coefficient (Wildman–Crippen LogP) is 4.85. The molecule has 37 heavy (non-hydrogen) atoms. The molecule has 8 nitrogen and oxygen atoms in total. The lowest BCUT2D eigenvalue weighted by molar-refractivity contribution is -0.145. The van der Waals surface area contributed by atoms with Gasteiger partial charge >= 0.3 is 5.97 Å². The van der Waals surface area contributed by atoms with Gasteiger partial charge in [0.1, 0.15) is 0 Å². The van der Waals surface area contributed by atoms with Gasteiger partial charge in [0, 0.05) is 20.6 Å². The van der Waals surface area contributed by atoms with Crippen molar-refractivity contribution in [3.8, 4) is 0 Å². The standard InChI is InChI=1S/C23H36N2O5.C3H8.C2H6.CH5N/c1-7-16(2)22(18(30-6)13-21(28)29)25(5)20(27)15-24-19(26)14-23(3,4)17-11-9-8-10-12-17;1-3-2;2*1-2/h8-12,16,18,22H,7,13-15H2,1-6H3,(H,24,26)(H,28,29);3H2,1-2H3;1-2H3;2H2,1H3. The normalized spacial score (nSPS) is 12.5. The highest BCUT2D eigenvalue weighted by molar-refractivity contribution is 5.85. The van der Waals surface area contributed by atoms with E-state index in [1.165, 1.54) is 25.5 Å². The summed E-state index contributed by atoms with van der Waals surface area (Å²) in [5.74, 6) is -1.43. The van der Waals surface area contributed by atoms with Gasteiger partial charge in [-0.3, -0.25) is 14.4 Å². The molecule has 3 atom stereocenters. The third-order valence-corrected chi connectivity index (χ3v) is 5.72. The van der Waals surface area contributed by atoms with Gasteiger partial charge in [-0.2, -0.15) is 0 Å². The average molecular weight is 526 g/mol. The summed E-state index contributed by atoms with van der Waals surface area (Å²) in [6.07, 6.45) is 1.45. The molecular formula is C29H55N3O5. The minimum Gasteiger partial charge on any atom is -0.481 e. The summed E-state index contributed by atoms with van der Waals surface area (Å²) in [6, 6.07) is 9.37. The molecule has 2 amide bonds. The SMILES string of the molecule is CC.CCC.CCC(C)C(C(CC(=O)O)OC)N(C)C(=O)CNC(=O)CC(C)(C)c1ccccc1.CN. The summed E-state index contributed by atoms with van der Waals surface area (Å²) in [5, 5.41) is 11.9. The van der Waals surface area contributed by atoms with Gasteiger partial charge in [0.2, 0.25) is 11.8 Å². The number of likely N-dealkylation sites (N-methyl/N-ethyl adjacent to an activating group) is 1. The fourth-order valence-electron chi connectivity index (χ4n) is 3.68. The van der Waals surface area contributed by atoms with E-state index in [9.17, 15) is 19.5 Å². The van der Waals surface area contributed by atoms with E-state index in [2.05, 4.69) is 24.9 Å². The topological polar surface area (TPSA) is 122 Å². The van der Waals surface area contributed by atoms with E-state index in [-0.39, 0.29) is 42.5 Å². The van der Waals surface area contributed by atoms with Crippen LogP contribution in [0.5, 0.6) is 0 Å². The lowest BCUT2D eigenvalue weighted by Gasteiger charge is -2.37. The maximum atomic E-state index is 12.8. The van der Waals surface area contributed by atoms with Gasteiger partial charge in [-0.05, 0) is 23.9 Å². The number of nitrogens with one attached hydrogen (secondary N) is 1. The molecule has 0 saturated heterocycles. The molecule has 0 bridgehead atoms. The average Bonchev–Trinajstić information content (AvgIpc) is 2.89. The van der Waals surface area contributed by atoms with Crippen molar-refractivity contribution in [1.29, 1.82) is 0 Å². The number of carboxylic acids is 1. The number of methoxy groups -OCH3 is 1. The first-order valence-electron chi connectivity index (χ1n) is 13.3. The van der Waals surface area contributed by atoms with E-state index in [0.29, 0.717) is 0 Å². The van der Waals surface area contributed by atoms with Crippen LogP contribution < -0.4 is 11.1 Å². The molecule has 3 unspecified atom stereocenters. The molecule has 0 fully saturated rings. The third kappa shape index (κ3) is 16.1. The number of rotatable bonds is 12. The van der Waals surface area contributed by atoms with Crippen molar-refractivity contribution in [3.05, 3.63) is 35.9 Å². The largest absolute Gasteiger partial charge is 0.481 e. The number of benzene rings is 1. The Kier molecular flexibility index (Phi) is 24.0. The van der Waals surface area contributed by atoms with E-state index in [0.717, 1.165) is 12.0 Å². The predicted molar refractivity (Wildman–Crippen MR) is 154 cm³/mol. The Morgan fingerprint density at radius 2 is 1.57 bits per heavy atom. The van der Waals surface area contributed by atoms with E-state index < -0.39 is 18.1 Å². The number of amides is 2. The Morgan fingerprint density at radius 1 is 1.08 bits per heavy atom. The zero-order valence-corrected chi connectivity index (χ0v) is 25.3. The molecule has 0 aliphatic heterocycles. The molecule has 0 heterocycles. The molecule has 8 heteroatoms. The molecule has 4 N–H and O–H groups in total. The van der Waals surface area contributed by atoms with Crippen LogP contribution in [0.25, 0.3) is 0 Å². The van der Waals surface area contributed by atoms with Crippen LogP contribution in [0.15, 0.2) is 30.3 Å². The van der Waals surface area contributed by atoms with Gasteiger partial charge in [-0.15, -0.1) is 0 Å². The van der Waals surface area contributed by atoms with Crippen LogP contribution in [0.1, 0.15) is 86.6 Å². The van der Waals surface area contributed by atoms with Crippen LogP contribution in [0.3, 0.4) is 0 Å². The van der Waals surface area contributed by atoms with Crippen LogP contribution >= 0.6 is 0 Å². The van der Waals surface area contributed by atoms with Gasteiger partial charge in [-0.25, -0.2) is 0 Å². The second-order valence-corrected chi connectivity index (χ2v) is 9.16. The van der Waals surface area contributed by atoms with Gasteiger partial charge in [0.15, 0.2) is 0 Å². The van der Waals surface area contributed by atoms with Crippen molar-refractivity contribution in [2.45, 2.75) is 98.6 Å². The monoisotopic (exact) mass is 525 g/mol. The van der Waals surface area contributed by atoms with Crippen LogP contribution in [-0.2, 0) is 24.5 Å². The Bertz CT molecular complexity index is 726. The highest BCUT2D eigenvalue weighted by Gasteiger charge is 2.34. The number of nitrogens with two attached hydrogens (primary N) is 1. The molecule has 0 saturated carbocycles. The molecule has 0 aliphatic rings. The molecule has 0 aromatic heterocycles. The number of hydrogen-bond donors (Lipinski definition) is 3. The highest BCUT2D eigenvalue weighted by Crippen LogP contribution is 2.26. The summed E-state index contributed by atoms with van der Waals surface area (Å²) >= 11 is 0.